The van der Waals surface area contributed by atoms with Gasteiger partial charge in [0.2, 0.25) is 0 Å². The molecule has 1 unspecified atom stereocenters. The van der Waals surface area contributed by atoms with Crippen molar-refractivity contribution in [3.8, 4) is 5.75 Å². The Morgan fingerprint density at radius 1 is 1.56 bits per heavy atom. The van der Waals surface area contributed by atoms with Gasteiger partial charge in [0.1, 0.15) is 5.75 Å². The van der Waals surface area contributed by atoms with Crippen LogP contribution in [0, 0.1) is 5.92 Å². The Bertz CT molecular complexity index is 351. The Balaban J connectivity index is 1.93. The van der Waals surface area contributed by atoms with E-state index in [-0.39, 0.29) is 0 Å². The second-order valence-corrected chi connectivity index (χ2v) is 5.21. The zero-order chi connectivity index (χ0) is 11.4. The highest BCUT2D eigenvalue weighted by atomic mass is 32.2. The minimum absolute atomic E-state index is 0.755. The molecule has 1 aromatic rings. The van der Waals surface area contributed by atoms with E-state index < -0.39 is 0 Å². The number of hydrogen-bond acceptors (Lipinski definition) is 4. The standard InChI is InChI=1S/C12H18N2OS/c1-15-10-2-3-12(11(13)6-10)14-7-9-4-5-16-8-9/h2-3,6,9,14H,4-5,7-8,13H2,1H3. The van der Waals surface area contributed by atoms with Crippen molar-refractivity contribution in [3.63, 3.8) is 0 Å². The minimum Gasteiger partial charge on any atom is -0.497 e. The predicted octanol–water partition coefficient (Wildman–Crippen LogP) is 2.44. The molecule has 1 heterocycles. The van der Waals surface area contributed by atoms with Gasteiger partial charge < -0.3 is 15.8 Å². The molecule has 1 aliphatic heterocycles. The summed E-state index contributed by atoms with van der Waals surface area (Å²) >= 11 is 2.04. The monoisotopic (exact) mass is 238 g/mol. The number of ether oxygens (including phenoxy) is 1. The van der Waals surface area contributed by atoms with Crippen LogP contribution in [-0.2, 0) is 0 Å². The van der Waals surface area contributed by atoms with Gasteiger partial charge in [-0.3, -0.25) is 0 Å². The Morgan fingerprint density at radius 2 is 2.44 bits per heavy atom. The summed E-state index contributed by atoms with van der Waals surface area (Å²) in [6.07, 6.45) is 1.31. The Hall–Kier alpha value is -1.03. The van der Waals surface area contributed by atoms with Crippen molar-refractivity contribution < 1.29 is 4.74 Å². The second kappa shape index (κ2) is 5.34. The molecule has 1 fully saturated rings. The van der Waals surface area contributed by atoms with Gasteiger partial charge in [-0.15, -0.1) is 0 Å². The van der Waals surface area contributed by atoms with E-state index >= 15 is 0 Å². The van der Waals surface area contributed by atoms with Crippen LogP contribution in [0.15, 0.2) is 18.2 Å². The van der Waals surface area contributed by atoms with Crippen molar-refractivity contribution in [3.05, 3.63) is 18.2 Å². The summed E-state index contributed by atoms with van der Waals surface area (Å²) in [5, 5.41) is 3.41. The molecule has 1 aromatic carbocycles. The van der Waals surface area contributed by atoms with Gasteiger partial charge in [-0.05, 0) is 36.0 Å². The lowest BCUT2D eigenvalue weighted by atomic mass is 10.1. The van der Waals surface area contributed by atoms with Crippen LogP contribution in [0.1, 0.15) is 6.42 Å². The summed E-state index contributed by atoms with van der Waals surface area (Å²) in [4.78, 5) is 0. The van der Waals surface area contributed by atoms with E-state index in [4.69, 9.17) is 10.5 Å². The highest BCUT2D eigenvalue weighted by Crippen LogP contribution is 2.27. The molecule has 0 aliphatic carbocycles. The molecular formula is C12H18N2OS. The van der Waals surface area contributed by atoms with E-state index in [1.165, 1.54) is 17.9 Å². The number of hydrogen-bond donors (Lipinski definition) is 2. The SMILES string of the molecule is COc1ccc(NCC2CCSC2)c(N)c1. The average Bonchev–Trinajstić information content (AvgIpc) is 2.80. The molecule has 0 aromatic heterocycles. The number of rotatable bonds is 4. The largest absolute Gasteiger partial charge is 0.497 e. The fourth-order valence-electron chi connectivity index (χ4n) is 1.83. The molecule has 0 saturated carbocycles. The van der Waals surface area contributed by atoms with Crippen molar-refractivity contribution in [2.75, 3.05) is 36.2 Å². The Morgan fingerprint density at radius 3 is 3.06 bits per heavy atom. The van der Waals surface area contributed by atoms with Crippen molar-refractivity contribution in [2.24, 2.45) is 5.92 Å². The first-order valence-electron chi connectivity index (χ1n) is 5.54. The predicted molar refractivity (Wildman–Crippen MR) is 71.3 cm³/mol. The summed E-state index contributed by atoms with van der Waals surface area (Å²) in [6.45, 7) is 1.02. The van der Waals surface area contributed by atoms with Gasteiger partial charge in [0, 0.05) is 12.6 Å². The number of nitrogens with one attached hydrogen (secondary N) is 1. The maximum absolute atomic E-state index is 5.93. The quantitative estimate of drug-likeness (QED) is 0.791. The van der Waals surface area contributed by atoms with E-state index in [1.54, 1.807) is 7.11 Å². The summed E-state index contributed by atoms with van der Waals surface area (Å²) in [5.74, 6) is 4.15. The van der Waals surface area contributed by atoms with Gasteiger partial charge in [-0.2, -0.15) is 11.8 Å². The van der Waals surface area contributed by atoms with E-state index in [1.807, 2.05) is 30.0 Å². The fourth-order valence-corrected chi connectivity index (χ4v) is 3.11. The second-order valence-electron chi connectivity index (χ2n) is 4.06. The molecular weight excluding hydrogens is 220 g/mol. The topological polar surface area (TPSA) is 47.3 Å². The van der Waals surface area contributed by atoms with Crippen LogP contribution in [0.25, 0.3) is 0 Å². The van der Waals surface area contributed by atoms with E-state index in [2.05, 4.69) is 5.32 Å². The zero-order valence-corrected chi connectivity index (χ0v) is 10.3. The lowest BCUT2D eigenvalue weighted by Crippen LogP contribution is -2.14. The van der Waals surface area contributed by atoms with Crippen LogP contribution in [0.4, 0.5) is 11.4 Å². The molecule has 0 radical (unpaired) electrons. The maximum Gasteiger partial charge on any atom is 0.121 e. The summed E-state index contributed by atoms with van der Waals surface area (Å²) in [5.41, 5.74) is 7.70. The molecule has 4 heteroatoms. The van der Waals surface area contributed by atoms with Crippen LogP contribution in [-0.4, -0.2) is 25.2 Å². The molecule has 16 heavy (non-hydrogen) atoms. The minimum atomic E-state index is 0.755. The van der Waals surface area contributed by atoms with Gasteiger partial charge in [0.25, 0.3) is 0 Å². The molecule has 0 amide bonds. The third-order valence-electron chi connectivity index (χ3n) is 2.86. The lowest BCUT2D eigenvalue weighted by Gasteiger charge is -2.13. The first-order valence-corrected chi connectivity index (χ1v) is 6.70. The van der Waals surface area contributed by atoms with Crippen molar-refractivity contribution in [2.45, 2.75) is 6.42 Å². The molecule has 2 rings (SSSR count). The number of thioether (sulfide) groups is 1. The molecule has 1 atom stereocenters. The van der Waals surface area contributed by atoms with Crippen molar-refractivity contribution in [1.82, 2.24) is 0 Å². The molecule has 0 bridgehead atoms. The van der Waals surface area contributed by atoms with E-state index in [0.717, 1.165) is 29.6 Å². The van der Waals surface area contributed by atoms with Gasteiger partial charge in [-0.25, -0.2) is 0 Å². The average molecular weight is 238 g/mol. The zero-order valence-electron chi connectivity index (χ0n) is 9.53. The number of anilines is 2. The Kier molecular flexibility index (Phi) is 3.83. The maximum atomic E-state index is 5.93. The molecule has 3 nitrogen and oxygen atoms in total. The van der Waals surface area contributed by atoms with Crippen LogP contribution >= 0.6 is 11.8 Å². The van der Waals surface area contributed by atoms with Gasteiger partial charge >= 0.3 is 0 Å². The summed E-state index contributed by atoms with van der Waals surface area (Å²) < 4.78 is 5.12. The molecule has 0 spiro atoms. The van der Waals surface area contributed by atoms with Crippen molar-refractivity contribution >= 4 is 23.1 Å². The van der Waals surface area contributed by atoms with Crippen LogP contribution < -0.4 is 15.8 Å². The Labute approximate surface area is 101 Å². The van der Waals surface area contributed by atoms with Crippen LogP contribution in [0.5, 0.6) is 5.75 Å². The first kappa shape index (κ1) is 11.5. The lowest BCUT2D eigenvalue weighted by molar-refractivity contribution is 0.415. The third kappa shape index (κ3) is 2.76. The smallest absolute Gasteiger partial charge is 0.121 e. The highest BCUT2D eigenvalue weighted by Gasteiger charge is 2.15. The fraction of sp³-hybridized carbons (Fsp3) is 0.500. The first-order chi connectivity index (χ1) is 7.79. The summed E-state index contributed by atoms with van der Waals surface area (Å²) in [6, 6.07) is 5.77. The van der Waals surface area contributed by atoms with E-state index in [9.17, 15) is 0 Å². The molecule has 1 saturated heterocycles. The molecule has 3 N–H and O–H groups in total. The van der Waals surface area contributed by atoms with Crippen LogP contribution in [0.3, 0.4) is 0 Å². The molecule has 1 aliphatic rings. The van der Waals surface area contributed by atoms with Crippen molar-refractivity contribution in [1.29, 1.82) is 0 Å². The van der Waals surface area contributed by atoms with E-state index in [0.29, 0.717) is 0 Å². The number of nitrogens with two attached hydrogens (primary N) is 1. The van der Waals surface area contributed by atoms with Gasteiger partial charge in [0.05, 0.1) is 18.5 Å². The number of benzene rings is 1. The third-order valence-corrected chi connectivity index (χ3v) is 4.10. The van der Waals surface area contributed by atoms with Gasteiger partial charge in [-0.1, -0.05) is 0 Å². The van der Waals surface area contributed by atoms with Crippen LogP contribution in [0.2, 0.25) is 0 Å². The molecule has 88 valence electrons. The normalized spacial score (nSPS) is 19.7. The number of nitrogen functional groups attached to an aromatic ring is 1. The number of methoxy groups -OCH3 is 1. The van der Waals surface area contributed by atoms with Gasteiger partial charge in [0.15, 0.2) is 0 Å². The highest BCUT2D eigenvalue weighted by molar-refractivity contribution is 7.99. The summed E-state index contributed by atoms with van der Waals surface area (Å²) in [7, 11) is 1.65.